The third-order valence-corrected chi connectivity index (χ3v) is 3.51. The lowest BCUT2D eigenvalue weighted by Crippen LogP contribution is -2.27. The predicted octanol–water partition coefficient (Wildman–Crippen LogP) is 2.92. The highest BCUT2D eigenvalue weighted by molar-refractivity contribution is 5.78. The van der Waals surface area contributed by atoms with Gasteiger partial charge >= 0.3 is 0 Å². The van der Waals surface area contributed by atoms with Gasteiger partial charge in [0.05, 0.1) is 12.0 Å². The van der Waals surface area contributed by atoms with E-state index in [9.17, 15) is 13.6 Å². The zero-order chi connectivity index (χ0) is 17.6. The Morgan fingerprint density at radius 3 is 2.56 bits per heavy atom. The molecule has 0 radical (unpaired) electrons. The molecule has 0 aliphatic carbocycles. The molecule has 25 heavy (non-hydrogen) atoms. The third-order valence-electron chi connectivity index (χ3n) is 3.51. The number of halogens is 2. The highest BCUT2D eigenvalue weighted by Crippen LogP contribution is 2.20. The fraction of sp³-hybridized carbons (Fsp3) is 0.167. The van der Waals surface area contributed by atoms with Gasteiger partial charge < -0.3 is 9.73 Å². The molecule has 1 aromatic heterocycles. The first-order valence-electron chi connectivity index (χ1n) is 7.70. The summed E-state index contributed by atoms with van der Waals surface area (Å²) in [5, 5.41) is 10.4. The normalized spacial score (nSPS) is 10.6. The molecule has 3 aromatic rings. The quantitative estimate of drug-likeness (QED) is 0.747. The van der Waals surface area contributed by atoms with Crippen molar-refractivity contribution >= 4 is 5.91 Å². The summed E-state index contributed by atoms with van der Waals surface area (Å²) in [6, 6.07) is 11.9. The maximum atomic E-state index is 13.7. The van der Waals surface area contributed by atoms with Crippen LogP contribution in [-0.4, -0.2) is 22.6 Å². The molecule has 0 saturated carbocycles. The van der Waals surface area contributed by atoms with Gasteiger partial charge in [-0.2, -0.15) is 0 Å². The number of hydrogen-bond acceptors (Lipinski definition) is 4. The zero-order valence-corrected chi connectivity index (χ0v) is 13.2. The van der Waals surface area contributed by atoms with Crippen molar-refractivity contribution in [2.24, 2.45) is 0 Å². The van der Waals surface area contributed by atoms with Gasteiger partial charge in [-0.15, -0.1) is 10.2 Å². The zero-order valence-electron chi connectivity index (χ0n) is 13.2. The lowest BCUT2D eigenvalue weighted by molar-refractivity contribution is -0.120. The molecule has 0 atom stereocenters. The largest absolute Gasteiger partial charge is 0.421 e. The van der Waals surface area contributed by atoms with Crippen molar-refractivity contribution in [3.05, 3.63) is 71.6 Å². The first-order valence-corrected chi connectivity index (χ1v) is 7.70. The SMILES string of the molecule is O=C(Cc1ccc(F)cc1)NCCc1nnc(-c2ccccc2F)o1. The van der Waals surface area contributed by atoms with E-state index < -0.39 is 5.82 Å². The number of aromatic nitrogens is 2. The molecule has 0 unspecified atom stereocenters. The van der Waals surface area contributed by atoms with Crippen molar-refractivity contribution in [3.63, 3.8) is 0 Å². The molecule has 1 N–H and O–H groups in total. The van der Waals surface area contributed by atoms with Gasteiger partial charge in [-0.05, 0) is 29.8 Å². The van der Waals surface area contributed by atoms with Crippen LogP contribution in [0.15, 0.2) is 52.9 Å². The van der Waals surface area contributed by atoms with E-state index in [2.05, 4.69) is 15.5 Å². The number of carbonyl (C=O) groups is 1. The standard InChI is InChI=1S/C18H15F2N3O2/c19-13-7-5-12(6-8-13)11-16(24)21-10-9-17-22-23-18(25-17)14-3-1-2-4-15(14)20/h1-8H,9-11H2,(H,21,24). The highest BCUT2D eigenvalue weighted by atomic mass is 19.1. The molecule has 3 rings (SSSR count). The van der Waals surface area contributed by atoms with Gasteiger partial charge in [-0.1, -0.05) is 24.3 Å². The van der Waals surface area contributed by atoms with Crippen LogP contribution in [0.5, 0.6) is 0 Å². The minimum atomic E-state index is -0.440. The van der Waals surface area contributed by atoms with Gasteiger partial charge in [0.1, 0.15) is 11.6 Å². The number of nitrogens with one attached hydrogen (secondary N) is 1. The smallest absolute Gasteiger partial charge is 0.250 e. The number of nitrogens with zero attached hydrogens (tertiary/aromatic N) is 2. The maximum absolute atomic E-state index is 13.7. The van der Waals surface area contributed by atoms with E-state index in [1.165, 1.54) is 18.2 Å². The van der Waals surface area contributed by atoms with Crippen molar-refractivity contribution in [1.82, 2.24) is 15.5 Å². The lowest BCUT2D eigenvalue weighted by Gasteiger charge is -2.03. The van der Waals surface area contributed by atoms with E-state index in [1.54, 1.807) is 30.3 Å². The number of amides is 1. The van der Waals surface area contributed by atoms with Crippen LogP contribution in [-0.2, 0) is 17.6 Å². The Morgan fingerprint density at radius 1 is 1.04 bits per heavy atom. The van der Waals surface area contributed by atoms with E-state index in [1.807, 2.05) is 0 Å². The monoisotopic (exact) mass is 343 g/mol. The molecule has 0 fully saturated rings. The number of rotatable bonds is 6. The van der Waals surface area contributed by atoms with Crippen LogP contribution >= 0.6 is 0 Å². The van der Waals surface area contributed by atoms with Crippen molar-refractivity contribution in [3.8, 4) is 11.5 Å². The summed E-state index contributed by atoms with van der Waals surface area (Å²) in [5.41, 5.74) is 0.958. The Bertz CT molecular complexity index is 863. The third kappa shape index (κ3) is 4.47. The van der Waals surface area contributed by atoms with Gasteiger partial charge in [0.15, 0.2) is 0 Å². The predicted molar refractivity (Wildman–Crippen MR) is 86.5 cm³/mol. The molecule has 5 nitrogen and oxygen atoms in total. The van der Waals surface area contributed by atoms with Crippen LogP contribution in [0.2, 0.25) is 0 Å². The Kier molecular flexibility index (Phi) is 5.13. The van der Waals surface area contributed by atoms with Crippen LogP contribution in [0.25, 0.3) is 11.5 Å². The Balaban J connectivity index is 1.50. The van der Waals surface area contributed by atoms with E-state index >= 15 is 0 Å². The minimum Gasteiger partial charge on any atom is -0.421 e. The Morgan fingerprint density at radius 2 is 1.80 bits per heavy atom. The van der Waals surface area contributed by atoms with Gasteiger partial charge in [-0.25, -0.2) is 8.78 Å². The minimum absolute atomic E-state index is 0.103. The van der Waals surface area contributed by atoms with Crippen molar-refractivity contribution in [1.29, 1.82) is 0 Å². The second-order valence-corrected chi connectivity index (χ2v) is 5.38. The van der Waals surface area contributed by atoms with Crippen LogP contribution in [0, 0.1) is 11.6 Å². The van der Waals surface area contributed by atoms with Crippen LogP contribution in [0.1, 0.15) is 11.5 Å². The summed E-state index contributed by atoms with van der Waals surface area (Å²) in [5.74, 6) is -0.567. The summed E-state index contributed by atoms with van der Waals surface area (Å²) in [6.45, 7) is 0.304. The first-order chi connectivity index (χ1) is 12.1. The fourth-order valence-corrected chi connectivity index (χ4v) is 2.26. The molecule has 1 heterocycles. The summed E-state index contributed by atoms with van der Waals surface area (Å²) in [7, 11) is 0. The molecule has 0 aliphatic heterocycles. The molecular formula is C18H15F2N3O2. The molecule has 128 valence electrons. The summed E-state index contributed by atoms with van der Waals surface area (Å²) in [4.78, 5) is 11.8. The topological polar surface area (TPSA) is 68.0 Å². The second-order valence-electron chi connectivity index (χ2n) is 5.38. The molecule has 0 bridgehead atoms. The molecule has 0 spiro atoms. The molecule has 2 aromatic carbocycles. The van der Waals surface area contributed by atoms with Crippen LogP contribution in [0.4, 0.5) is 8.78 Å². The average Bonchev–Trinajstić information content (AvgIpc) is 3.06. The number of carbonyl (C=O) groups excluding carboxylic acids is 1. The van der Waals surface area contributed by atoms with Crippen molar-refractivity contribution in [2.75, 3.05) is 6.54 Å². The van der Waals surface area contributed by atoms with Gasteiger partial charge in [0.2, 0.25) is 11.8 Å². The van der Waals surface area contributed by atoms with Gasteiger partial charge in [0, 0.05) is 13.0 Å². The van der Waals surface area contributed by atoms with E-state index in [4.69, 9.17) is 4.42 Å². The molecule has 0 aliphatic rings. The summed E-state index contributed by atoms with van der Waals surface area (Å²) < 4.78 is 31.9. The Hall–Kier alpha value is -3.09. The van der Waals surface area contributed by atoms with E-state index in [0.29, 0.717) is 18.9 Å². The molecule has 1 amide bonds. The molecular weight excluding hydrogens is 328 g/mol. The summed E-state index contributed by atoms with van der Waals surface area (Å²) >= 11 is 0. The van der Waals surface area contributed by atoms with E-state index in [-0.39, 0.29) is 29.6 Å². The second kappa shape index (κ2) is 7.65. The number of benzene rings is 2. The van der Waals surface area contributed by atoms with Crippen LogP contribution in [0.3, 0.4) is 0 Å². The van der Waals surface area contributed by atoms with Gasteiger partial charge in [0.25, 0.3) is 5.89 Å². The first kappa shape index (κ1) is 16.8. The fourth-order valence-electron chi connectivity index (χ4n) is 2.26. The maximum Gasteiger partial charge on any atom is 0.250 e. The van der Waals surface area contributed by atoms with E-state index in [0.717, 1.165) is 5.56 Å². The lowest BCUT2D eigenvalue weighted by atomic mass is 10.1. The van der Waals surface area contributed by atoms with Crippen LogP contribution < -0.4 is 5.32 Å². The molecule has 0 saturated heterocycles. The summed E-state index contributed by atoms with van der Waals surface area (Å²) in [6.07, 6.45) is 0.487. The average molecular weight is 343 g/mol. The van der Waals surface area contributed by atoms with Crippen molar-refractivity contribution in [2.45, 2.75) is 12.8 Å². The number of hydrogen-bond donors (Lipinski definition) is 1. The Labute approximate surface area is 142 Å². The molecule has 7 heteroatoms. The highest BCUT2D eigenvalue weighted by Gasteiger charge is 2.12. The van der Waals surface area contributed by atoms with Gasteiger partial charge in [-0.3, -0.25) is 4.79 Å². The van der Waals surface area contributed by atoms with Crippen molar-refractivity contribution < 1.29 is 18.0 Å².